The summed E-state index contributed by atoms with van der Waals surface area (Å²) in [6, 6.07) is 5.34. The highest BCUT2D eigenvalue weighted by molar-refractivity contribution is 9.10. The van der Waals surface area contributed by atoms with E-state index in [-0.39, 0.29) is 11.9 Å². The van der Waals surface area contributed by atoms with Crippen LogP contribution in [0.1, 0.15) is 44.7 Å². The molecule has 4 unspecified atom stereocenters. The average Bonchev–Trinajstić information content (AvgIpc) is 2.37. The van der Waals surface area contributed by atoms with Gasteiger partial charge < -0.3 is 5.32 Å². The summed E-state index contributed by atoms with van der Waals surface area (Å²) in [5, 5.41) is 3.34. The molecule has 0 heterocycles. The fourth-order valence-corrected chi connectivity index (χ4v) is 3.90. The summed E-state index contributed by atoms with van der Waals surface area (Å²) in [4.78, 5) is 0. The second kappa shape index (κ2) is 6.36. The Kier molecular flexibility index (Phi) is 5.02. The van der Waals surface area contributed by atoms with E-state index in [1.807, 2.05) is 13.1 Å². The quantitative estimate of drug-likeness (QED) is 0.830. The molecule has 0 spiro atoms. The minimum absolute atomic E-state index is 0.102. The van der Waals surface area contributed by atoms with E-state index in [1.165, 1.54) is 19.3 Å². The molecule has 3 heteroatoms. The van der Waals surface area contributed by atoms with E-state index >= 15 is 0 Å². The van der Waals surface area contributed by atoms with Gasteiger partial charge in [-0.05, 0) is 49.8 Å². The Morgan fingerprint density at radius 1 is 1.26 bits per heavy atom. The van der Waals surface area contributed by atoms with E-state index in [9.17, 15) is 4.39 Å². The normalized spacial score (nSPS) is 29.2. The summed E-state index contributed by atoms with van der Waals surface area (Å²) in [5.74, 6) is 1.92. The summed E-state index contributed by atoms with van der Waals surface area (Å²) in [6.07, 6.45) is 3.60. The van der Waals surface area contributed by atoms with Crippen LogP contribution in [-0.4, -0.2) is 7.05 Å². The van der Waals surface area contributed by atoms with Gasteiger partial charge in [0.1, 0.15) is 5.82 Å². The third-order valence-electron chi connectivity index (χ3n) is 4.73. The summed E-state index contributed by atoms with van der Waals surface area (Å²) >= 11 is 3.50. The SMILES string of the molecule is CNC(c1c(F)cccc1Br)C1CCC(C)C(C)C1. The molecule has 1 saturated carbocycles. The zero-order valence-electron chi connectivity index (χ0n) is 11.9. The Morgan fingerprint density at radius 2 is 2.00 bits per heavy atom. The van der Waals surface area contributed by atoms with Crippen LogP contribution >= 0.6 is 15.9 Å². The molecule has 1 nitrogen and oxygen atoms in total. The molecule has 2 rings (SSSR count). The Hall–Kier alpha value is -0.410. The molecule has 1 aromatic rings. The van der Waals surface area contributed by atoms with Gasteiger partial charge in [0.05, 0.1) is 0 Å². The van der Waals surface area contributed by atoms with Gasteiger partial charge in [0.25, 0.3) is 0 Å². The molecule has 19 heavy (non-hydrogen) atoms. The summed E-state index contributed by atoms with van der Waals surface area (Å²) in [5.41, 5.74) is 0.789. The van der Waals surface area contributed by atoms with Gasteiger partial charge in [-0.1, -0.05) is 42.3 Å². The smallest absolute Gasteiger partial charge is 0.129 e. The van der Waals surface area contributed by atoms with E-state index < -0.39 is 0 Å². The number of nitrogens with one attached hydrogen (secondary N) is 1. The Labute approximate surface area is 124 Å². The molecule has 106 valence electrons. The third-order valence-corrected chi connectivity index (χ3v) is 5.42. The van der Waals surface area contributed by atoms with Gasteiger partial charge >= 0.3 is 0 Å². The first kappa shape index (κ1) is 15.0. The number of hydrogen-bond acceptors (Lipinski definition) is 1. The van der Waals surface area contributed by atoms with Crippen molar-refractivity contribution in [1.29, 1.82) is 0 Å². The lowest BCUT2D eigenvalue weighted by Crippen LogP contribution is -2.32. The van der Waals surface area contributed by atoms with Crippen molar-refractivity contribution in [3.63, 3.8) is 0 Å². The van der Waals surface area contributed by atoms with Crippen molar-refractivity contribution in [3.8, 4) is 0 Å². The molecule has 0 aliphatic heterocycles. The van der Waals surface area contributed by atoms with Gasteiger partial charge in [-0.25, -0.2) is 4.39 Å². The second-order valence-corrected chi connectivity index (χ2v) is 6.78. The Bertz CT molecular complexity index is 415. The van der Waals surface area contributed by atoms with Crippen LogP contribution in [0, 0.1) is 23.6 Å². The van der Waals surface area contributed by atoms with E-state index in [2.05, 4.69) is 35.1 Å². The summed E-state index contributed by atoms with van der Waals surface area (Å²) in [6.45, 7) is 4.65. The van der Waals surface area contributed by atoms with Crippen LogP contribution in [0.2, 0.25) is 0 Å². The molecule has 0 radical (unpaired) electrons. The first-order valence-electron chi connectivity index (χ1n) is 7.15. The van der Waals surface area contributed by atoms with Gasteiger partial charge in [-0.15, -0.1) is 0 Å². The number of hydrogen-bond donors (Lipinski definition) is 1. The van der Waals surface area contributed by atoms with Crippen LogP contribution in [-0.2, 0) is 0 Å². The van der Waals surface area contributed by atoms with Gasteiger partial charge in [-0.3, -0.25) is 0 Å². The first-order chi connectivity index (χ1) is 9.04. The van der Waals surface area contributed by atoms with E-state index in [1.54, 1.807) is 12.1 Å². The van der Waals surface area contributed by atoms with Gasteiger partial charge in [-0.2, -0.15) is 0 Å². The highest BCUT2D eigenvalue weighted by Crippen LogP contribution is 2.41. The van der Waals surface area contributed by atoms with Crippen molar-refractivity contribution in [2.24, 2.45) is 17.8 Å². The molecule has 1 fully saturated rings. The predicted octanol–water partition coefficient (Wildman–Crippen LogP) is 4.92. The molecule has 1 aliphatic carbocycles. The monoisotopic (exact) mass is 327 g/mol. The van der Waals surface area contributed by atoms with Crippen molar-refractivity contribution < 1.29 is 4.39 Å². The molecular formula is C16H23BrFN. The molecule has 0 saturated heterocycles. The lowest BCUT2D eigenvalue weighted by molar-refractivity contribution is 0.173. The largest absolute Gasteiger partial charge is 0.313 e. The minimum atomic E-state index is -0.111. The van der Waals surface area contributed by atoms with Crippen LogP contribution in [0.5, 0.6) is 0 Å². The topological polar surface area (TPSA) is 12.0 Å². The highest BCUT2D eigenvalue weighted by atomic mass is 79.9. The van der Waals surface area contributed by atoms with E-state index in [0.717, 1.165) is 21.9 Å². The van der Waals surface area contributed by atoms with Crippen molar-refractivity contribution >= 4 is 15.9 Å². The fourth-order valence-electron chi connectivity index (χ4n) is 3.32. The summed E-state index contributed by atoms with van der Waals surface area (Å²) in [7, 11) is 1.94. The molecule has 1 N–H and O–H groups in total. The molecule has 0 aromatic heterocycles. The lowest BCUT2D eigenvalue weighted by Gasteiger charge is -2.37. The molecule has 4 atom stereocenters. The van der Waals surface area contributed by atoms with Crippen molar-refractivity contribution in [2.45, 2.75) is 39.2 Å². The summed E-state index contributed by atoms with van der Waals surface area (Å²) < 4.78 is 15.0. The van der Waals surface area contributed by atoms with Crippen molar-refractivity contribution in [1.82, 2.24) is 5.32 Å². The highest BCUT2D eigenvalue weighted by Gasteiger charge is 2.32. The van der Waals surface area contributed by atoms with E-state index in [4.69, 9.17) is 0 Å². The zero-order valence-corrected chi connectivity index (χ0v) is 13.5. The molecular weight excluding hydrogens is 305 g/mol. The first-order valence-corrected chi connectivity index (χ1v) is 7.95. The van der Waals surface area contributed by atoms with Crippen molar-refractivity contribution in [3.05, 3.63) is 34.1 Å². The average molecular weight is 328 g/mol. The third kappa shape index (κ3) is 3.19. The number of benzene rings is 1. The molecule has 1 aromatic carbocycles. The second-order valence-electron chi connectivity index (χ2n) is 5.93. The molecule has 1 aliphatic rings. The van der Waals surface area contributed by atoms with E-state index in [0.29, 0.717) is 5.92 Å². The maximum atomic E-state index is 14.1. The number of rotatable bonds is 3. The fraction of sp³-hybridized carbons (Fsp3) is 0.625. The standard InChI is InChI=1S/C16H23BrFN/c1-10-7-8-12(9-11(10)2)16(19-3)15-13(17)5-4-6-14(15)18/h4-6,10-12,16,19H,7-9H2,1-3H3. The Balaban J connectivity index is 2.25. The molecule has 0 bridgehead atoms. The van der Waals surface area contributed by atoms with Crippen molar-refractivity contribution in [2.75, 3.05) is 7.05 Å². The van der Waals surface area contributed by atoms with Crippen LogP contribution in [0.3, 0.4) is 0 Å². The molecule has 0 amide bonds. The zero-order chi connectivity index (χ0) is 14.0. The minimum Gasteiger partial charge on any atom is -0.313 e. The van der Waals surface area contributed by atoms with Gasteiger partial charge in [0.2, 0.25) is 0 Å². The number of halogens is 2. The van der Waals surface area contributed by atoms with Crippen LogP contribution in [0.15, 0.2) is 22.7 Å². The van der Waals surface area contributed by atoms with Gasteiger partial charge in [0.15, 0.2) is 0 Å². The lowest BCUT2D eigenvalue weighted by atomic mass is 9.72. The van der Waals surface area contributed by atoms with Crippen LogP contribution in [0.4, 0.5) is 4.39 Å². The maximum absolute atomic E-state index is 14.1. The van der Waals surface area contributed by atoms with Crippen LogP contribution < -0.4 is 5.32 Å². The maximum Gasteiger partial charge on any atom is 0.129 e. The predicted molar refractivity (Wildman–Crippen MR) is 81.6 cm³/mol. The van der Waals surface area contributed by atoms with Crippen LogP contribution in [0.25, 0.3) is 0 Å². The van der Waals surface area contributed by atoms with Gasteiger partial charge in [0, 0.05) is 16.1 Å². The Morgan fingerprint density at radius 3 is 2.58 bits per heavy atom.